The molecule has 0 fully saturated rings. The van der Waals surface area contributed by atoms with Crippen molar-refractivity contribution in [1.82, 2.24) is 4.90 Å². The molecule has 0 aromatic heterocycles. The molecule has 0 aliphatic heterocycles. The smallest absolute Gasteiger partial charge is 0.107 e. The number of likely N-dealkylation sites (N-methyl/N-ethyl adjacent to an activating group) is 1. The Morgan fingerprint density at radius 3 is 2.71 bits per heavy atom. The van der Waals surface area contributed by atoms with Crippen LogP contribution in [0.2, 0.25) is 5.02 Å². The van der Waals surface area contributed by atoms with Gasteiger partial charge in [-0.3, -0.25) is 0 Å². The maximum atomic E-state index is 6.08. The second-order valence-corrected chi connectivity index (χ2v) is 5.07. The Labute approximate surface area is 113 Å². The summed E-state index contributed by atoms with van der Waals surface area (Å²) in [5.41, 5.74) is 7.28. The van der Waals surface area contributed by atoms with E-state index in [2.05, 4.69) is 17.1 Å². The Morgan fingerprint density at radius 2 is 2.18 bits per heavy atom. The first-order valence-electron chi connectivity index (χ1n) is 5.42. The third-order valence-corrected chi connectivity index (χ3v) is 3.25. The fourth-order valence-corrected chi connectivity index (χ4v) is 1.91. The van der Waals surface area contributed by atoms with Crippen molar-refractivity contribution in [3.05, 3.63) is 28.8 Å². The highest BCUT2D eigenvalue weighted by Crippen LogP contribution is 2.24. The summed E-state index contributed by atoms with van der Waals surface area (Å²) >= 11 is 11.1. The van der Waals surface area contributed by atoms with Gasteiger partial charge < -0.3 is 16.0 Å². The van der Waals surface area contributed by atoms with Crippen LogP contribution in [0, 0.1) is 0 Å². The van der Waals surface area contributed by atoms with Gasteiger partial charge in [0, 0.05) is 18.3 Å². The van der Waals surface area contributed by atoms with E-state index in [1.807, 2.05) is 26.2 Å². The summed E-state index contributed by atoms with van der Waals surface area (Å²) in [4.78, 5) is 2.45. The second kappa shape index (κ2) is 6.19. The molecule has 3 N–H and O–H groups in total. The van der Waals surface area contributed by atoms with E-state index < -0.39 is 0 Å². The number of thiocarbonyl (C=S) groups is 1. The van der Waals surface area contributed by atoms with Crippen LogP contribution in [0.25, 0.3) is 0 Å². The van der Waals surface area contributed by atoms with Gasteiger partial charge in [0.25, 0.3) is 0 Å². The van der Waals surface area contributed by atoms with Gasteiger partial charge in [-0.15, -0.1) is 0 Å². The minimum absolute atomic E-state index is 0.315. The van der Waals surface area contributed by atoms with Crippen LogP contribution in [0.3, 0.4) is 0 Å². The zero-order valence-electron chi connectivity index (χ0n) is 10.3. The van der Waals surface area contributed by atoms with Crippen molar-refractivity contribution in [3.63, 3.8) is 0 Å². The normalized spacial score (nSPS) is 12.5. The first-order valence-corrected chi connectivity index (χ1v) is 6.20. The number of hydrogen-bond acceptors (Lipinski definition) is 3. The number of hydrogen-bond donors (Lipinski definition) is 2. The van der Waals surface area contributed by atoms with Gasteiger partial charge in [-0.1, -0.05) is 29.9 Å². The Morgan fingerprint density at radius 1 is 1.53 bits per heavy atom. The molecule has 0 radical (unpaired) electrons. The average molecular weight is 272 g/mol. The fourth-order valence-electron chi connectivity index (χ4n) is 1.36. The largest absolute Gasteiger partial charge is 0.389 e. The van der Waals surface area contributed by atoms with E-state index in [4.69, 9.17) is 29.6 Å². The number of anilines is 1. The number of nitrogens with one attached hydrogen (secondary N) is 1. The predicted molar refractivity (Wildman–Crippen MR) is 79.0 cm³/mol. The van der Waals surface area contributed by atoms with Crippen molar-refractivity contribution < 1.29 is 0 Å². The van der Waals surface area contributed by atoms with Crippen molar-refractivity contribution in [1.29, 1.82) is 0 Å². The average Bonchev–Trinajstić information content (AvgIpc) is 2.24. The first-order chi connectivity index (χ1) is 7.93. The van der Waals surface area contributed by atoms with E-state index in [1.165, 1.54) is 0 Å². The molecule has 0 saturated heterocycles. The summed E-state index contributed by atoms with van der Waals surface area (Å²) in [6.45, 7) is 2.95. The van der Waals surface area contributed by atoms with E-state index in [1.54, 1.807) is 6.07 Å². The van der Waals surface area contributed by atoms with Gasteiger partial charge >= 0.3 is 0 Å². The number of nitrogens with two attached hydrogens (primary N) is 1. The van der Waals surface area contributed by atoms with Crippen molar-refractivity contribution in [2.45, 2.75) is 13.0 Å². The van der Waals surface area contributed by atoms with Crippen LogP contribution in [0.1, 0.15) is 12.5 Å². The summed E-state index contributed by atoms with van der Waals surface area (Å²) in [7, 11) is 4.08. The van der Waals surface area contributed by atoms with Crippen molar-refractivity contribution in [3.8, 4) is 0 Å². The summed E-state index contributed by atoms with van der Waals surface area (Å²) in [6.07, 6.45) is 0. The third kappa shape index (κ3) is 3.84. The number of rotatable bonds is 5. The molecule has 0 aliphatic carbocycles. The van der Waals surface area contributed by atoms with Crippen LogP contribution in [0.5, 0.6) is 0 Å². The minimum Gasteiger partial charge on any atom is -0.389 e. The molecule has 17 heavy (non-hydrogen) atoms. The van der Waals surface area contributed by atoms with Gasteiger partial charge in [-0.05, 0) is 33.2 Å². The highest BCUT2D eigenvalue weighted by Gasteiger charge is 2.11. The molecule has 1 aromatic carbocycles. The molecule has 1 unspecified atom stereocenters. The van der Waals surface area contributed by atoms with Crippen molar-refractivity contribution in [2.24, 2.45) is 5.73 Å². The van der Waals surface area contributed by atoms with Gasteiger partial charge in [0.15, 0.2) is 0 Å². The molecule has 1 rings (SSSR count). The summed E-state index contributed by atoms with van der Waals surface area (Å²) in [5.74, 6) is 0. The molecule has 0 heterocycles. The van der Waals surface area contributed by atoms with Crippen LogP contribution in [-0.2, 0) is 0 Å². The molecular formula is C12H18ClN3S. The van der Waals surface area contributed by atoms with Crippen LogP contribution in [-0.4, -0.2) is 36.6 Å². The Balaban J connectivity index is 2.84. The molecule has 1 atom stereocenters. The summed E-state index contributed by atoms with van der Waals surface area (Å²) < 4.78 is 0. The maximum Gasteiger partial charge on any atom is 0.107 e. The highest BCUT2D eigenvalue weighted by molar-refractivity contribution is 7.80. The van der Waals surface area contributed by atoms with E-state index in [0.717, 1.165) is 17.8 Å². The fraction of sp³-hybridized carbons (Fsp3) is 0.417. The molecule has 3 nitrogen and oxygen atoms in total. The van der Waals surface area contributed by atoms with Crippen molar-refractivity contribution >= 4 is 34.5 Å². The highest BCUT2D eigenvalue weighted by atomic mass is 35.5. The maximum absolute atomic E-state index is 6.08. The van der Waals surface area contributed by atoms with E-state index >= 15 is 0 Å². The zero-order chi connectivity index (χ0) is 13.0. The predicted octanol–water partition coefficient (Wildman–Crippen LogP) is 2.34. The molecule has 0 amide bonds. The van der Waals surface area contributed by atoms with Crippen LogP contribution < -0.4 is 11.1 Å². The lowest BCUT2D eigenvalue weighted by Crippen LogP contribution is -2.32. The molecule has 0 aliphatic rings. The third-order valence-electron chi connectivity index (χ3n) is 2.73. The lowest BCUT2D eigenvalue weighted by Gasteiger charge is -2.21. The Bertz CT molecular complexity index is 407. The minimum atomic E-state index is 0.315. The lowest BCUT2D eigenvalue weighted by molar-refractivity contribution is 0.326. The van der Waals surface area contributed by atoms with E-state index in [-0.39, 0.29) is 0 Å². The molecule has 0 spiro atoms. The van der Waals surface area contributed by atoms with Gasteiger partial charge in [-0.25, -0.2) is 0 Å². The number of nitrogens with zero attached hydrogens (tertiary/aromatic N) is 1. The van der Waals surface area contributed by atoms with Crippen molar-refractivity contribution in [2.75, 3.05) is 26.0 Å². The Kier molecular flexibility index (Phi) is 5.18. The molecule has 5 heteroatoms. The SMILES string of the molecule is CC(CNc1cccc(Cl)c1C(N)=S)N(C)C. The quantitative estimate of drug-likeness (QED) is 0.807. The molecule has 94 valence electrons. The summed E-state index contributed by atoms with van der Waals surface area (Å²) in [5, 5.41) is 3.91. The molecule has 1 aromatic rings. The van der Waals surface area contributed by atoms with Crippen LogP contribution in [0.4, 0.5) is 5.69 Å². The van der Waals surface area contributed by atoms with E-state index in [0.29, 0.717) is 16.1 Å². The monoisotopic (exact) mass is 271 g/mol. The van der Waals surface area contributed by atoms with Crippen LogP contribution in [0.15, 0.2) is 18.2 Å². The second-order valence-electron chi connectivity index (χ2n) is 4.22. The van der Waals surface area contributed by atoms with Gasteiger partial charge in [0.2, 0.25) is 0 Å². The Hall–Kier alpha value is -0.840. The number of benzene rings is 1. The van der Waals surface area contributed by atoms with Gasteiger partial charge in [-0.2, -0.15) is 0 Å². The summed E-state index contributed by atoms with van der Waals surface area (Å²) in [6, 6.07) is 6.01. The molecular weight excluding hydrogens is 254 g/mol. The molecule has 0 saturated carbocycles. The lowest BCUT2D eigenvalue weighted by atomic mass is 10.1. The van der Waals surface area contributed by atoms with E-state index in [9.17, 15) is 0 Å². The topological polar surface area (TPSA) is 41.3 Å². The molecule has 0 bridgehead atoms. The van der Waals surface area contributed by atoms with Crippen LogP contribution >= 0.6 is 23.8 Å². The van der Waals surface area contributed by atoms with Gasteiger partial charge in [0.05, 0.1) is 10.6 Å². The first kappa shape index (κ1) is 14.2. The van der Waals surface area contributed by atoms with Gasteiger partial charge in [0.1, 0.15) is 4.99 Å². The zero-order valence-corrected chi connectivity index (χ0v) is 11.9. The standard InChI is InChI=1S/C12H18ClN3S/c1-8(16(2)3)7-15-10-6-4-5-9(13)11(10)12(14)17/h4-6,8,15H,7H2,1-3H3,(H2,14,17). The number of halogens is 1.